The third-order valence-electron chi connectivity index (χ3n) is 2.31. The van der Waals surface area contributed by atoms with Gasteiger partial charge in [0.1, 0.15) is 11.6 Å². The molecule has 0 bridgehead atoms. The highest BCUT2D eigenvalue weighted by Gasteiger charge is 2.08. The van der Waals surface area contributed by atoms with E-state index in [0.717, 1.165) is 17.7 Å². The van der Waals surface area contributed by atoms with Gasteiger partial charge in [0.05, 0.1) is 5.69 Å². The van der Waals surface area contributed by atoms with Crippen LogP contribution in [-0.4, -0.2) is 4.98 Å². The van der Waals surface area contributed by atoms with Crippen molar-refractivity contribution in [3.63, 3.8) is 0 Å². The van der Waals surface area contributed by atoms with E-state index in [-0.39, 0.29) is 11.3 Å². The third kappa shape index (κ3) is 2.16. The maximum Gasteiger partial charge on any atom is 0.146 e. The molecular formula is C12H10F2N2. The number of nitrogens with zero attached hydrogens (tertiary/aromatic N) is 1. The number of benzene rings is 1. The first-order chi connectivity index (χ1) is 7.66. The Morgan fingerprint density at radius 3 is 2.44 bits per heavy atom. The van der Waals surface area contributed by atoms with Crippen LogP contribution in [0, 0.1) is 11.6 Å². The number of pyridine rings is 1. The second kappa shape index (κ2) is 4.26. The van der Waals surface area contributed by atoms with Crippen molar-refractivity contribution in [2.75, 3.05) is 5.73 Å². The van der Waals surface area contributed by atoms with E-state index in [1.54, 1.807) is 24.5 Å². The Bertz CT molecular complexity index is 498. The topological polar surface area (TPSA) is 38.9 Å². The van der Waals surface area contributed by atoms with Crippen LogP contribution in [0.5, 0.6) is 0 Å². The van der Waals surface area contributed by atoms with Gasteiger partial charge in [-0.2, -0.15) is 0 Å². The van der Waals surface area contributed by atoms with Crippen molar-refractivity contribution >= 4 is 5.69 Å². The fourth-order valence-corrected chi connectivity index (χ4v) is 1.46. The molecule has 16 heavy (non-hydrogen) atoms. The zero-order valence-electron chi connectivity index (χ0n) is 8.45. The Kier molecular flexibility index (Phi) is 2.81. The number of hydrogen-bond acceptors (Lipinski definition) is 2. The maximum atomic E-state index is 13.5. The Morgan fingerprint density at radius 1 is 1.06 bits per heavy atom. The van der Waals surface area contributed by atoms with Gasteiger partial charge in [-0.1, -0.05) is 0 Å². The predicted molar refractivity (Wildman–Crippen MR) is 57.8 cm³/mol. The molecule has 2 nitrogen and oxygen atoms in total. The molecule has 0 amide bonds. The van der Waals surface area contributed by atoms with Gasteiger partial charge in [-0.15, -0.1) is 0 Å². The smallest absolute Gasteiger partial charge is 0.146 e. The number of anilines is 1. The van der Waals surface area contributed by atoms with Gasteiger partial charge < -0.3 is 5.73 Å². The monoisotopic (exact) mass is 220 g/mol. The quantitative estimate of drug-likeness (QED) is 0.790. The van der Waals surface area contributed by atoms with Crippen LogP contribution in [0.3, 0.4) is 0 Å². The minimum Gasteiger partial charge on any atom is -0.396 e. The number of aromatic nitrogens is 1. The van der Waals surface area contributed by atoms with Crippen LogP contribution >= 0.6 is 0 Å². The molecule has 0 atom stereocenters. The van der Waals surface area contributed by atoms with Crippen LogP contribution in [0.2, 0.25) is 0 Å². The third-order valence-corrected chi connectivity index (χ3v) is 2.31. The second-order valence-electron chi connectivity index (χ2n) is 3.50. The summed E-state index contributed by atoms with van der Waals surface area (Å²) in [6.45, 7) is 0. The summed E-state index contributed by atoms with van der Waals surface area (Å²) in [4.78, 5) is 3.85. The Hall–Kier alpha value is -1.97. The molecule has 0 spiro atoms. The lowest BCUT2D eigenvalue weighted by molar-refractivity contribution is 0.592. The molecule has 4 heteroatoms. The molecule has 82 valence electrons. The highest BCUT2D eigenvalue weighted by molar-refractivity contribution is 5.43. The second-order valence-corrected chi connectivity index (χ2v) is 3.50. The van der Waals surface area contributed by atoms with Gasteiger partial charge in [0.15, 0.2) is 0 Å². The van der Waals surface area contributed by atoms with Crippen molar-refractivity contribution < 1.29 is 8.78 Å². The molecule has 2 N–H and O–H groups in total. The van der Waals surface area contributed by atoms with Crippen molar-refractivity contribution in [1.29, 1.82) is 0 Å². The van der Waals surface area contributed by atoms with E-state index in [0.29, 0.717) is 6.42 Å². The van der Waals surface area contributed by atoms with Crippen LogP contribution in [0.4, 0.5) is 14.5 Å². The van der Waals surface area contributed by atoms with E-state index in [1.165, 1.54) is 0 Å². The first-order valence-corrected chi connectivity index (χ1v) is 4.79. The van der Waals surface area contributed by atoms with E-state index in [9.17, 15) is 8.78 Å². The molecule has 1 aromatic heterocycles. The zero-order chi connectivity index (χ0) is 11.5. The molecular weight excluding hydrogens is 210 g/mol. The van der Waals surface area contributed by atoms with Gasteiger partial charge >= 0.3 is 0 Å². The van der Waals surface area contributed by atoms with Crippen molar-refractivity contribution in [3.8, 4) is 0 Å². The van der Waals surface area contributed by atoms with Gasteiger partial charge in [-0.25, -0.2) is 8.78 Å². The highest BCUT2D eigenvalue weighted by Crippen LogP contribution is 2.19. The lowest BCUT2D eigenvalue weighted by Crippen LogP contribution is -1.98. The molecule has 1 aromatic carbocycles. The lowest BCUT2D eigenvalue weighted by atomic mass is 10.0. The molecule has 0 saturated heterocycles. The summed E-state index contributed by atoms with van der Waals surface area (Å²) in [5, 5.41) is 0. The molecule has 0 aliphatic rings. The summed E-state index contributed by atoms with van der Waals surface area (Å²) in [5.41, 5.74) is 6.25. The van der Waals surface area contributed by atoms with Gasteiger partial charge in [-0.3, -0.25) is 4.98 Å². The molecule has 1 heterocycles. The fourth-order valence-electron chi connectivity index (χ4n) is 1.46. The highest BCUT2D eigenvalue weighted by atomic mass is 19.1. The summed E-state index contributed by atoms with van der Waals surface area (Å²) in [6, 6.07) is 5.65. The summed E-state index contributed by atoms with van der Waals surface area (Å²) in [5.74, 6) is -1.08. The van der Waals surface area contributed by atoms with Crippen molar-refractivity contribution in [1.82, 2.24) is 4.98 Å². The largest absolute Gasteiger partial charge is 0.396 e. The molecule has 2 rings (SSSR count). The van der Waals surface area contributed by atoms with Crippen LogP contribution in [-0.2, 0) is 6.42 Å². The molecule has 0 aliphatic carbocycles. The number of halogens is 2. The van der Waals surface area contributed by atoms with Gasteiger partial charge in [-0.05, 0) is 29.3 Å². The summed E-state index contributed by atoms with van der Waals surface area (Å²) in [6.07, 6.45) is 3.55. The number of nitrogen functional groups attached to an aromatic ring is 1. The van der Waals surface area contributed by atoms with E-state index in [1.807, 2.05) is 0 Å². The SMILES string of the molecule is Nc1cc(F)c(Cc2ccncc2)cc1F. The number of rotatable bonds is 2. The average Bonchev–Trinajstić information content (AvgIpc) is 2.27. The van der Waals surface area contributed by atoms with Crippen LogP contribution in [0.25, 0.3) is 0 Å². The minimum atomic E-state index is -0.592. The number of nitrogens with two attached hydrogens (primary N) is 1. The van der Waals surface area contributed by atoms with E-state index in [2.05, 4.69) is 4.98 Å². The Balaban J connectivity index is 2.32. The summed E-state index contributed by atoms with van der Waals surface area (Å²) < 4.78 is 26.6. The average molecular weight is 220 g/mol. The standard InChI is InChI=1S/C12H10F2N2/c13-10-7-12(15)11(14)6-9(10)5-8-1-3-16-4-2-8/h1-4,6-7H,5,15H2. The number of hydrogen-bond donors (Lipinski definition) is 1. The Labute approximate surface area is 91.7 Å². The van der Waals surface area contributed by atoms with Crippen molar-refractivity contribution in [3.05, 3.63) is 59.4 Å². The lowest BCUT2D eigenvalue weighted by Gasteiger charge is -2.05. The molecule has 2 aromatic rings. The van der Waals surface area contributed by atoms with Crippen molar-refractivity contribution in [2.24, 2.45) is 0 Å². The van der Waals surface area contributed by atoms with E-state index in [4.69, 9.17) is 5.73 Å². The first-order valence-electron chi connectivity index (χ1n) is 4.79. The maximum absolute atomic E-state index is 13.5. The molecule has 0 fully saturated rings. The van der Waals surface area contributed by atoms with Gasteiger partial charge in [0.2, 0.25) is 0 Å². The normalized spacial score (nSPS) is 10.4. The van der Waals surface area contributed by atoms with Crippen LogP contribution < -0.4 is 5.73 Å². The van der Waals surface area contributed by atoms with Gasteiger partial charge in [0.25, 0.3) is 0 Å². The van der Waals surface area contributed by atoms with E-state index >= 15 is 0 Å². The van der Waals surface area contributed by atoms with Crippen LogP contribution in [0.15, 0.2) is 36.7 Å². The zero-order valence-corrected chi connectivity index (χ0v) is 8.45. The van der Waals surface area contributed by atoms with Gasteiger partial charge in [0, 0.05) is 24.9 Å². The molecule has 0 aliphatic heterocycles. The Morgan fingerprint density at radius 2 is 1.75 bits per heavy atom. The summed E-state index contributed by atoms with van der Waals surface area (Å²) in [7, 11) is 0. The van der Waals surface area contributed by atoms with E-state index < -0.39 is 11.6 Å². The first kappa shape index (κ1) is 10.5. The summed E-state index contributed by atoms with van der Waals surface area (Å²) >= 11 is 0. The fraction of sp³-hybridized carbons (Fsp3) is 0.0833. The minimum absolute atomic E-state index is 0.170. The predicted octanol–water partition coefficient (Wildman–Crippen LogP) is 2.53. The molecule has 0 saturated carbocycles. The molecule has 0 unspecified atom stereocenters. The van der Waals surface area contributed by atoms with Crippen molar-refractivity contribution in [2.45, 2.75) is 6.42 Å². The van der Waals surface area contributed by atoms with Crippen LogP contribution in [0.1, 0.15) is 11.1 Å². The molecule has 0 radical (unpaired) electrons.